The van der Waals surface area contributed by atoms with Gasteiger partial charge < -0.3 is 10.1 Å². The van der Waals surface area contributed by atoms with Gasteiger partial charge in [-0.1, -0.05) is 36.7 Å². The summed E-state index contributed by atoms with van der Waals surface area (Å²) in [4.78, 5) is 0. The predicted molar refractivity (Wildman–Crippen MR) is 83.7 cm³/mol. The first-order chi connectivity index (χ1) is 10.2. The van der Waals surface area contributed by atoms with Gasteiger partial charge in [0.15, 0.2) is 0 Å². The molecule has 1 atom stereocenters. The molecule has 5 heteroatoms. The summed E-state index contributed by atoms with van der Waals surface area (Å²) >= 11 is 6.40. The normalized spacial score (nSPS) is 17.4. The molecule has 1 aliphatic rings. The van der Waals surface area contributed by atoms with Crippen molar-refractivity contribution < 1.29 is 4.74 Å². The highest BCUT2D eigenvalue weighted by Crippen LogP contribution is 2.32. The average Bonchev–Trinajstić information content (AvgIpc) is 2.79. The van der Waals surface area contributed by atoms with Crippen molar-refractivity contribution in [1.29, 1.82) is 0 Å². The molecule has 1 unspecified atom stereocenters. The number of benzene rings is 1. The molecule has 1 N–H and O–H groups in total. The fraction of sp³-hybridized carbons (Fsp3) is 0.438. The van der Waals surface area contributed by atoms with Gasteiger partial charge in [-0.05, 0) is 12.5 Å². The Bertz CT molecular complexity index is 638. The van der Waals surface area contributed by atoms with E-state index in [1.54, 1.807) is 0 Å². The molecule has 4 nitrogen and oxygen atoms in total. The monoisotopic (exact) mass is 305 g/mol. The molecule has 1 aromatic carbocycles. The Hall–Kier alpha value is -1.52. The number of hydrogen-bond donors (Lipinski definition) is 1. The van der Waals surface area contributed by atoms with Gasteiger partial charge in [-0.3, -0.25) is 4.68 Å². The largest absolute Gasteiger partial charge is 0.493 e. The van der Waals surface area contributed by atoms with E-state index < -0.39 is 0 Å². The minimum absolute atomic E-state index is 0.297. The van der Waals surface area contributed by atoms with Crippen LogP contribution in [0.5, 0.6) is 5.75 Å². The van der Waals surface area contributed by atoms with Crippen LogP contribution in [0.4, 0.5) is 0 Å². The van der Waals surface area contributed by atoms with Crippen LogP contribution in [0.3, 0.4) is 0 Å². The van der Waals surface area contributed by atoms with Crippen LogP contribution in [0.2, 0.25) is 5.02 Å². The van der Waals surface area contributed by atoms with Crippen molar-refractivity contribution in [2.75, 3.05) is 6.61 Å². The predicted octanol–water partition coefficient (Wildman–Crippen LogP) is 3.25. The number of aryl methyl sites for hydroxylation is 2. The number of hydrogen-bond acceptors (Lipinski definition) is 3. The minimum atomic E-state index is 0.297. The summed E-state index contributed by atoms with van der Waals surface area (Å²) in [6, 6.07) is 8.50. The topological polar surface area (TPSA) is 39.1 Å². The lowest BCUT2D eigenvalue weighted by molar-refractivity contribution is 0.251. The molecule has 3 rings (SSSR count). The number of aromatic nitrogens is 2. The van der Waals surface area contributed by atoms with E-state index in [0.29, 0.717) is 12.6 Å². The van der Waals surface area contributed by atoms with Gasteiger partial charge in [0, 0.05) is 31.6 Å². The summed E-state index contributed by atoms with van der Waals surface area (Å²) < 4.78 is 7.57. The second kappa shape index (κ2) is 6.08. The Morgan fingerprint density at radius 1 is 1.43 bits per heavy atom. The van der Waals surface area contributed by atoms with Gasteiger partial charge in [-0.25, -0.2) is 0 Å². The zero-order valence-corrected chi connectivity index (χ0v) is 13.2. The van der Waals surface area contributed by atoms with E-state index in [1.807, 2.05) is 23.9 Å². The number of para-hydroxylation sites is 1. The molecular formula is C16H20ClN3O. The number of ether oxygens (including phenoxy) is 1. The van der Waals surface area contributed by atoms with Crippen LogP contribution in [-0.2, 0) is 20.0 Å². The summed E-state index contributed by atoms with van der Waals surface area (Å²) in [6.45, 7) is 3.52. The molecule has 1 aliphatic heterocycles. The third kappa shape index (κ3) is 2.78. The molecule has 0 amide bonds. The van der Waals surface area contributed by atoms with Crippen molar-refractivity contribution in [3.63, 3.8) is 0 Å². The SMILES string of the molecule is CCc1nn(C)c(CNC2CCOc3ccccc32)c1Cl. The smallest absolute Gasteiger partial charge is 0.124 e. The van der Waals surface area contributed by atoms with Gasteiger partial charge in [0.1, 0.15) is 5.75 Å². The van der Waals surface area contributed by atoms with Crippen molar-refractivity contribution in [3.05, 3.63) is 46.2 Å². The van der Waals surface area contributed by atoms with Gasteiger partial charge in [-0.15, -0.1) is 0 Å². The van der Waals surface area contributed by atoms with Crippen LogP contribution in [0.25, 0.3) is 0 Å². The van der Waals surface area contributed by atoms with E-state index in [-0.39, 0.29) is 0 Å². The van der Waals surface area contributed by atoms with E-state index in [2.05, 4.69) is 29.5 Å². The quantitative estimate of drug-likeness (QED) is 0.942. The maximum atomic E-state index is 6.40. The van der Waals surface area contributed by atoms with E-state index in [9.17, 15) is 0 Å². The summed E-state index contributed by atoms with van der Waals surface area (Å²) in [5, 5.41) is 8.83. The van der Waals surface area contributed by atoms with E-state index in [1.165, 1.54) is 5.56 Å². The van der Waals surface area contributed by atoms with Crippen molar-refractivity contribution in [3.8, 4) is 5.75 Å². The third-order valence-corrected chi connectivity index (χ3v) is 4.41. The van der Waals surface area contributed by atoms with E-state index in [4.69, 9.17) is 16.3 Å². The Balaban J connectivity index is 1.76. The number of rotatable bonds is 4. The highest BCUT2D eigenvalue weighted by molar-refractivity contribution is 6.31. The standard InChI is InChI=1S/C16H20ClN3O/c1-3-12-16(17)14(20(2)19-12)10-18-13-8-9-21-15-7-5-4-6-11(13)15/h4-7,13,18H,3,8-10H2,1-2H3. The van der Waals surface area contributed by atoms with Crippen LogP contribution >= 0.6 is 11.6 Å². The summed E-state index contributed by atoms with van der Waals surface area (Å²) in [7, 11) is 1.94. The fourth-order valence-corrected chi connectivity index (χ4v) is 3.15. The number of halogens is 1. The molecule has 0 fully saturated rings. The first-order valence-electron chi connectivity index (χ1n) is 7.36. The van der Waals surface area contributed by atoms with Crippen molar-refractivity contribution in [2.45, 2.75) is 32.4 Å². The van der Waals surface area contributed by atoms with Gasteiger partial charge in [0.2, 0.25) is 0 Å². The van der Waals surface area contributed by atoms with Gasteiger partial charge in [-0.2, -0.15) is 5.10 Å². The molecule has 2 heterocycles. The second-order valence-corrected chi connectivity index (χ2v) is 5.67. The minimum Gasteiger partial charge on any atom is -0.493 e. The van der Waals surface area contributed by atoms with Crippen LogP contribution in [0.15, 0.2) is 24.3 Å². The Morgan fingerprint density at radius 3 is 3.00 bits per heavy atom. The van der Waals surface area contributed by atoms with Crippen molar-refractivity contribution in [2.24, 2.45) is 7.05 Å². The molecule has 0 bridgehead atoms. The van der Waals surface area contributed by atoms with E-state index in [0.717, 1.165) is 41.6 Å². The van der Waals surface area contributed by atoms with Gasteiger partial charge >= 0.3 is 0 Å². The van der Waals surface area contributed by atoms with Gasteiger partial charge in [0.25, 0.3) is 0 Å². The molecule has 1 aromatic heterocycles. The highest BCUT2D eigenvalue weighted by Gasteiger charge is 2.21. The summed E-state index contributed by atoms with van der Waals surface area (Å²) in [5.74, 6) is 0.978. The Kier molecular flexibility index (Phi) is 4.17. The van der Waals surface area contributed by atoms with Crippen LogP contribution in [-0.4, -0.2) is 16.4 Å². The van der Waals surface area contributed by atoms with Crippen molar-refractivity contribution in [1.82, 2.24) is 15.1 Å². The number of nitrogens with one attached hydrogen (secondary N) is 1. The Morgan fingerprint density at radius 2 is 2.24 bits per heavy atom. The average molecular weight is 306 g/mol. The molecule has 112 valence electrons. The first-order valence-corrected chi connectivity index (χ1v) is 7.73. The second-order valence-electron chi connectivity index (χ2n) is 5.29. The summed E-state index contributed by atoms with van der Waals surface area (Å²) in [5.41, 5.74) is 3.22. The molecule has 0 radical (unpaired) electrons. The zero-order valence-electron chi connectivity index (χ0n) is 12.4. The van der Waals surface area contributed by atoms with Crippen LogP contribution < -0.4 is 10.1 Å². The maximum Gasteiger partial charge on any atom is 0.124 e. The fourth-order valence-electron chi connectivity index (χ4n) is 2.79. The molecule has 0 saturated heterocycles. The zero-order chi connectivity index (χ0) is 14.8. The Labute approximate surface area is 130 Å². The molecule has 21 heavy (non-hydrogen) atoms. The lowest BCUT2D eigenvalue weighted by Gasteiger charge is -2.26. The summed E-state index contributed by atoms with van der Waals surface area (Å²) in [6.07, 6.45) is 1.82. The lowest BCUT2D eigenvalue weighted by atomic mass is 10.0. The molecule has 0 aliphatic carbocycles. The third-order valence-electron chi connectivity index (χ3n) is 3.98. The van der Waals surface area contributed by atoms with Crippen molar-refractivity contribution >= 4 is 11.6 Å². The number of nitrogens with zero attached hydrogens (tertiary/aromatic N) is 2. The highest BCUT2D eigenvalue weighted by atomic mass is 35.5. The van der Waals surface area contributed by atoms with Crippen LogP contribution in [0, 0.1) is 0 Å². The molecule has 2 aromatic rings. The van der Waals surface area contributed by atoms with Gasteiger partial charge in [0.05, 0.1) is 23.0 Å². The van der Waals surface area contributed by atoms with Crippen LogP contribution in [0.1, 0.15) is 36.3 Å². The maximum absolute atomic E-state index is 6.40. The molecule has 0 saturated carbocycles. The lowest BCUT2D eigenvalue weighted by Crippen LogP contribution is -2.27. The molecule has 0 spiro atoms. The molecular weight excluding hydrogens is 286 g/mol. The first kappa shape index (κ1) is 14.4. The van der Waals surface area contributed by atoms with E-state index >= 15 is 0 Å². The number of fused-ring (bicyclic) bond motifs is 1.